The van der Waals surface area contributed by atoms with Gasteiger partial charge in [-0.15, -0.1) is 11.3 Å². The first-order valence-electron chi connectivity index (χ1n) is 11.8. The summed E-state index contributed by atoms with van der Waals surface area (Å²) in [5, 5.41) is 1.33. The highest BCUT2D eigenvalue weighted by Crippen LogP contribution is 2.42. The van der Waals surface area contributed by atoms with E-state index in [4.69, 9.17) is 25.5 Å². The summed E-state index contributed by atoms with van der Waals surface area (Å²) in [4.78, 5) is 17.5. The van der Waals surface area contributed by atoms with E-state index in [0.717, 1.165) is 26.1 Å². The van der Waals surface area contributed by atoms with Crippen molar-refractivity contribution in [2.45, 2.75) is 51.9 Å². The Bertz CT molecular complexity index is 1460. The Balaban J connectivity index is 1.68. The van der Waals surface area contributed by atoms with Gasteiger partial charge in [-0.25, -0.2) is 9.78 Å². The first-order valence-corrected chi connectivity index (χ1v) is 16.7. The lowest BCUT2D eigenvalue weighted by atomic mass is 10.1. The van der Waals surface area contributed by atoms with Crippen LogP contribution in [0.1, 0.15) is 49.0 Å². The molecule has 196 valence electrons. The van der Waals surface area contributed by atoms with Crippen LogP contribution in [0.4, 0.5) is 0 Å². The van der Waals surface area contributed by atoms with E-state index in [-0.39, 0.29) is 5.04 Å². The van der Waals surface area contributed by atoms with Gasteiger partial charge in [0.25, 0.3) is 8.32 Å². The number of hydrogen-bond donors (Lipinski definition) is 0. The molecule has 0 saturated carbocycles. The maximum absolute atomic E-state index is 12.7. The molecular weight excluding hydrogens is 592 g/mol. The second-order valence-electron chi connectivity index (χ2n) is 10.3. The van der Waals surface area contributed by atoms with Gasteiger partial charge >= 0.3 is 5.97 Å². The molecule has 0 N–H and O–H groups in total. The van der Waals surface area contributed by atoms with Gasteiger partial charge in [0.05, 0.1) is 23.2 Å². The summed E-state index contributed by atoms with van der Waals surface area (Å²) < 4.78 is 20.7. The van der Waals surface area contributed by atoms with Crippen LogP contribution in [0, 0.1) is 0 Å². The number of fused-ring (bicyclic) bond motifs is 1. The molecule has 4 rings (SSSR count). The van der Waals surface area contributed by atoms with Gasteiger partial charge in [-0.05, 0) is 49.3 Å². The van der Waals surface area contributed by atoms with E-state index in [9.17, 15) is 4.79 Å². The van der Waals surface area contributed by atoms with Crippen LogP contribution < -0.4 is 9.16 Å². The SMILES string of the molecule is COC(=O)c1sc(-n2cnc3cc(Br)ccc32)cc1O[C@H](C)c1cccc(O[Si](C)(C)C(C)(C)C)c1Cl. The van der Waals surface area contributed by atoms with Gasteiger partial charge in [0.2, 0.25) is 0 Å². The van der Waals surface area contributed by atoms with Gasteiger partial charge < -0.3 is 13.9 Å². The number of imidazole rings is 1. The van der Waals surface area contributed by atoms with Gasteiger partial charge in [-0.3, -0.25) is 4.57 Å². The van der Waals surface area contributed by atoms with Crippen LogP contribution >= 0.6 is 38.9 Å². The molecule has 1 atom stereocenters. The smallest absolute Gasteiger partial charge is 0.351 e. The quantitative estimate of drug-likeness (QED) is 0.152. The Morgan fingerprint density at radius 1 is 1.16 bits per heavy atom. The van der Waals surface area contributed by atoms with Crippen LogP contribution in [-0.4, -0.2) is 30.9 Å². The Morgan fingerprint density at radius 3 is 2.57 bits per heavy atom. The minimum Gasteiger partial charge on any atom is -0.542 e. The third kappa shape index (κ3) is 5.60. The third-order valence-corrected chi connectivity index (χ3v) is 13.0. The molecular formula is C27H30BrClN2O4SSi. The monoisotopic (exact) mass is 620 g/mol. The van der Waals surface area contributed by atoms with Crippen molar-refractivity contribution >= 4 is 64.2 Å². The summed E-state index contributed by atoms with van der Waals surface area (Å²) in [5.74, 6) is 0.605. The number of halogens is 2. The molecule has 0 aliphatic heterocycles. The minimum absolute atomic E-state index is 0.0323. The second-order valence-corrected chi connectivity index (χ2v) is 17.3. The molecule has 0 aliphatic carbocycles. The van der Waals surface area contributed by atoms with E-state index in [1.54, 1.807) is 6.33 Å². The van der Waals surface area contributed by atoms with E-state index in [0.29, 0.717) is 21.4 Å². The molecule has 0 radical (unpaired) electrons. The van der Waals surface area contributed by atoms with Gasteiger partial charge in [0, 0.05) is 16.1 Å². The summed E-state index contributed by atoms with van der Waals surface area (Å²) >= 11 is 11.6. The van der Waals surface area contributed by atoms with Crippen LogP contribution in [0.25, 0.3) is 16.0 Å². The largest absolute Gasteiger partial charge is 0.542 e. The fourth-order valence-corrected chi connectivity index (χ4v) is 6.32. The summed E-state index contributed by atoms with van der Waals surface area (Å²) in [6.07, 6.45) is 1.28. The average molecular weight is 622 g/mol. The van der Waals surface area contributed by atoms with Crippen LogP contribution in [-0.2, 0) is 4.74 Å². The van der Waals surface area contributed by atoms with Crippen LogP contribution in [0.2, 0.25) is 23.2 Å². The molecule has 2 aromatic heterocycles. The maximum Gasteiger partial charge on any atom is 0.351 e. The predicted octanol–water partition coefficient (Wildman–Crippen LogP) is 8.81. The number of thiophene rings is 1. The number of esters is 1. The highest BCUT2D eigenvalue weighted by Gasteiger charge is 2.39. The summed E-state index contributed by atoms with van der Waals surface area (Å²) in [7, 11) is -0.729. The van der Waals surface area contributed by atoms with Crippen molar-refractivity contribution in [3.05, 3.63) is 68.7 Å². The van der Waals surface area contributed by atoms with Crippen molar-refractivity contribution in [2.75, 3.05) is 7.11 Å². The van der Waals surface area contributed by atoms with Crippen molar-refractivity contribution in [1.82, 2.24) is 9.55 Å². The molecule has 4 aromatic rings. The Labute approximate surface area is 235 Å². The number of carbonyl (C=O) groups is 1. The number of hydrogen-bond acceptors (Lipinski definition) is 6. The first kappa shape index (κ1) is 27.7. The molecule has 0 aliphatic rings. The number of nitrogens with zero attached hydrogens (tertiary/aromatic N) is 2. The van der Waals surface area contributed by atoms with Crippen molar-refractivity contribution < 1.29 is 18.7 Å². The van der Waals surface area contributed by atoms with Crippen molar-refractivity contribution in [1.29, 1.82) is 0 Å². The standard InChI is InChI=1S/C27H30BrClN2O4SSi/c1-16(18-9-8-10-21(24(18)29)35-37(6,7)27(2,3)4)34-22-14-23(36-25(22)26(32)33-5)31-15-30-19-13-17(28)11-12-20(19)31/h8-16H,1-7H3/t16-/m1/s1. The van der Waals surface area contributed by atoms with Crippen molar-refractivity contribution in [2.24, 2.45) is 0 Å². The lowest BCUT2D eigenvalue weighted by Gasteiger charge is -2.37. The lowest BCUT2D eigenvalue weighted by Crippen LogP contribution is -2.44. The number of ether oxygens (including phenoxy) is 2. The molecule has 0 fully saturated rings. The zero-order valence-electron chi connectivity index (χ0n) is 21.9. The minimum atomic E-state index is -2.09. The van der Waals surface area contributed by atoms with Crippen molar-refractivity contribution in [3.63, 3.8) is 0 Å². The van der Waals surface area contributed by atoms with E-state index >= 15 is 0 Å². The molecule has 0 spiro atoms. The van der Waals surface area contributed by atoms with Gasteiger partial charge in [0.15, 0.2) is 4.88 Å². The number of benzene rings is 2. The van der Waals surface area contributed by atoms with Crippen LogP contribution in [0.3, 0.4) is 0 Å². The fraction of sp³-hybridized carbons (Fsp3) is 0.333. The lowest BCUT2D eigenvalue weighted by molar-refractivity contribution is 0.0600. The Hall–Kier alpha value is -2.33. The molecule has 10 heteroatoms. The molecule has 0 bridgehead atoms. The number of carbonyl (C=O) groups excluding carboxylic acids is 1. The van der Waals surface area contributed by atoms with E-state index < -0.39 is 20.4 Å². The predicted molar refractivity (Wildman–Crippen MR) is 156 cm³/mol. The average Bonchev–Trinajstić information content (AvgIpc) is 3.42. The van der Waals surface area contributed by atoms with Gasteiger partial charge in [-0.1, -0.05) is 60.4 Å². The Kier molecular flexibility index (Phi) is 7.81. The van der Waals surface area contributed by atoms with E-state index in [1.165, 1.54) is 18.4 Å². The zero-order chi connectivity index (χ0) is 27.1. The molecule has 6 nitrogen and oxygen atoms in total. The van der Waals surface area contributed by atoms with E-state index in [2.05, 4.69) is 54.8 Å². The van der Waals surface area contributed by atoms with Gasteiger partial charge in [-0.2, -0.15) is 0 Å². The summed E-state index contributed by atoms with van der Waals surface area (Å²) in [5.41, 5.74) is 2.53. The highest BCUT2D eigenvalue weighted by molar-refractivity contribution is 9.10. The van der Waals surface area contributed by atoms with Crippen molar-refractivity contribution in [3.8, 4) is 16.5 Å². The molecule has 0 amide bonds. The molecule has 0 unspecified atom stereocenters. The zero-order valence-corrected chi connectivity index (χ0v) is 26.0. The maximum atomic E-state index is 12.7. The van der Waals surface area contributed by atoms with Crippen LogP contribution in [0.5, 0.6) is 11.5 Å². The second kappa shape index (κ2) is 10.4. The van der Waals surface area contributed by atoms with E-state index in [1.807, 2.05) is 54.0 Å². The molecule has 37 heavy (non-hydrogen) atoms. The number of methoxy groups -OCH3 is 1. The topological polar surface area (TPSA) is 62.6 Å². The first-order chi connectivity index (χ1) is 17.3. The molecule has 0 saturated heterocycles. The van der Waals surface area contributed by atoms with Crippen LogP contribution in [0.15, 0.2) is 53.3 Å². The normalized spacial score (nSPS) is 13.0. The highest BCUT2D eigenvalue weighted by atomic mass is 79.9. The third-order valence-electron chi connectivity index (χ3n) is 6.71. The summed E-state index contributed by atoms with van der Waals surface area (Å²) in [6, 6.07) is 13.4. The Morgan fingerprint density at radius 2 is 1.89 bits per heavy atom. The summed E-state index contributed by atoms with van der Waals surface area (Å²) in [6.45, 7) is 12.8. The molecule has 2 aromatic carbocycles. The number of rotatable bonds is 7. The fourth-order valence-electron chi connectivity index (χ4n) is 3.57. The number of aromatic nitrogens is 2. The van der Waals surface area contributed by atoms with Gasteiger partial charge in [0.1, 0.15) is 28.9 Å². The molecule has 2 heterocycles.